The fourth-order valence-corrected chi connectivity index (χ4v) is 3.37. The predicted molar refractivity (Wildman–Crippen MR) is 56.6 cm³/mol. The van der Waals surface area contributed by atoms with Gasteiger partial charge in [-0.25, -0.2) is 0 Å². The molecule has 2 fully saturated rings. The van der Waals surface area contributed by atoms with Gasteiger partial charge in [-0.15, -0.1) is 0 Å². The van der Waals surface area contributed by atoms with Crippen molar-refractivity contribution in [3.63, 3.8) is 0 Å². The summed E-state index contributed by atoms with van der Waals surface area (Å²) in [6.45, 7) is 7.36. The first-order valence-electron chi connectivity index (χ1n) is 5.99. The minimum absolute atomic E-state index is 0.874. The Morgan fingerprint density at radius 2 is 1.85 bits per heavy atom. The zero-order valence-electron chi connectivity index (χ0n) is 9.05. The van der Waals surface area contributed by atoms with E-state index in [0.29, 0.717) is 0 Å². The van der Waals surface area contributed by atoms with Crippen LogP contribution in [0.25, 0.3) is 0 Å². The minimum Gasteiger partial charge on any atom is -0.316 e. The Morgan fingerprint density at radius 1 is 1.08 bits per heavy atom. The molecule has 0 aromatic heterocycles. The molecular formula is C12H23N. The van der Waals surface area contributed by atoms with Gasteiger partial charge in [0, 0.05) is 0 Å². The van der Waals surface area contributed by atoms with Crippen LogP contribution in [0.4, 0.5) is 0 Å². The summed E-state index contributed by atoms with van der Waals surface area (Å²) in [6.07, 6.45) is 5.97. The van der Waals surface area contributed by atoms with Gasteiger partial charge in [-0.2, -0.15) is 0 Å². The number of hydrogen-bond acceptors (Lipinski definition) is 1. The Balaban J connectivity index is 2.02. The van der Waals surface area contributed by atoms with Gasteiger partial charge in [-0.1, -0.05) is 26.7 Å². The monoisotopic (exact) mass is 181 g/mol. The van der Waals surface area contributed by atoms with E-state index in [1.54, 1.807) is 0 Å². The fourth-order valence-electron chi connectivity index (χ4n) is 3.37. The Labute approximate surface area is 82.3 Å². The molecule has 0 aromatic rings. The highest BCUT2D eigenvalue weighted by Crippen LogP contribution is 2.39. The topological polar surface area (TPSA) is 12.0 Å². The molecule has 13 heavy (non-hydrogen) atoms. The Bertz CT molecular complexity index is 163. The highest BCUT2D eigenvalue weighted by atomic mass is 14.9. The van der Waals surface area contributed by atoms with Crippen LogP contribution in [-0.2, 0) is 0 Å². The van der Waals surface area contributed by atoms with Crippen LogP contribution in [0, 0.1) is 23.7 Å². The molecule has 0 aromatic carbocycles. The van der Waals surface area contributed by atoms with E-state index in [1.165, 1.54) is 38.8 Å². The molecule has 76 valence electrons. The summed E-state index contributed by atoms with van der Waals surface area (Å²) in [7, 11) is 0. The van der Waals surface area contributed by atoms with Crippen LogP contribution >= 0.6 is 0 Å². The highest BCUT2D eigenvalue weighted by Gasteiger charge is 2.35. The molecule has 1 heterocycles. The number of piperidine rings is 1. The zero-order chi connectivity index (χ0) is 9.26. The first-order valence-corrected chi connectivity index (χ1v) is 5.99. The lowest BCUT2D eigenvalue weighted by molar-refractivity contribution is 0.0892. The summed E-state index contributed by atoms with van der Waals surface area (Å²) in [4.78, 5) is 0. The number of hydrogen-bond donors (Lipinski definition) is 1. The lowest BCUT2D eigenvalue weighted by atomic mass is 9.67. The molecule has 1 saturated heterocycles. The van der Waals surface area contributed by atoms with Gasteiger partial charge in [-0.05, 0) is 49.6 Å². The molecule has 1 nitrogen and oxygen atoms in total. The van der Waals surface area contributed by atoms with E-state index in [0.717, 1.165) is 23.7 Å². The number of rotatable bonds is 1. The summed E-state index contributed by atoms with van der Waals surface area (Å²) in [6, 6.07) is 0. The van der Waals surface area contributed by atoms with Gasteiger partial charge in [0.2, 0.25) is 0 Å². The van der Waals surface area contributed by atoms with Crippen molar-refractivity contribution in [2.45, 2.75) is 39.5 Å². The summed E-state index contributed by atoms with van der Waals surface area (Å²) in [5.41, 5.74) is 0. The predicted octanol–water partition coefficient (Wildman–Crippen LogP) is 2.67. The standard InChI is InChI=1S/C12H23N/c1-9(2)12-8-13-7-10-5-3-4-6-11(10)12/h9-13H,3-8H2,1-2H3. The SMILES string of the molecule is CC(C)C1CNCC2CCCCC21. The molecule has 1 N–H and O–H groups in total. The van der Waals surface area contributed by atoms with Crippen molar-refractivity contribution < 1.29 is 0 Å². The van der Waals surface area contributed by atoms with E-state index >= 15 is 0 Å². The molecule has 1 heteroatoms. The van der Waals surface area contributed by atoms with Crippen LogP contribution in [0.3, 0.4) is 0 Å². The van der Waals surface area contributed by atoms with Gasteiger partial charge in [0.25, 0.3) is 0 Å². The second kappa shape index (κ2) is 4.00. The number of nitrogens with one attached hydrogen (secondary N) is 1. The maximum atomic E-state index is 3.62. The second-order valence-corrected chi connectivity index (χ2v) is 5.27. The fraction of sp³-hybridized carbons (Fsp3) is 1.00. The van der Waals surface area contributed by atoms with Gasteiger partial charge >= 0.3 is 0 Å². The van der Waals surface area contributed by atoms with Crippen molar-refractivity contribution in [1.82, 2.24) is 5.32 Å². The smallest absolute Gasteiger partial charge is 0.00152 e. The number of fused-ring (bicyclic) bond motifs is 1. The van der Waals surface area contributed by atoms with E-state index in [2.05, 4.69) is 19.2 Å². The third kappa shape index (κ3) is 1.90. The minimum atomic E-state index is 0.874. The molecule has 1 aliphatic heterocycles. The van der Waals surface area contributed by atoms with Crippen molar-refractivity contribution >= 4 is 0 Å². The Hall–Kier alpha value is -0.0400. The molecular weight excluding hydrogens is 158 g/mol. The lowest BCUT2D eigenvalue weighted by Crippen LogP contribution is -2.46. The third-order valence-electron chi connectivity index (χ3n) is 4.16. The molecule has 3 unspecified atom stereocenters. The summed E-state index contributed by atoms with van der Waals surface area (Å²) >= 11 is 0. The molecule has 0 bridgehead atoms. The van der Waals surface area contributed by atoms with Crippen LogP contribution in [0.15, 0.2) is 0 Å². The average Bonchev–Trinajstić information content (AvgIpc) is 2.17. The van der Waals surface area contributed by atoms with Gasteiger partial charge in [0.05, 0.1) is 0 Å². The van der Waals surface area contributed by atoms with Crippen LogP contribution in [-0.4, -0.2) is 13.1 Å². The molecule has 0 spiro atoms. The first-order chi connectivity index (χ1) is 6.29. The first kappa shape index (κ1) is 9.51. The van der Waals surface area contributed by atoms with E-state index in [1.807, 2.05) is 0 Å². The Kier molecular flexibility index (Phi) is 2.92. The van der Waals surface area contributed by atoms with Gasteiger partial charge in [0.15, 0.2) is 0 Å². The van der Waals surface area contributed by atoms with Gasteiger partial charge in [0.1, 0.15) is 0 Å². The van der Waals surface area contributed by atoms with Crippen molar-refractivity contribution in [2.24, 2.45) is 23.7 Å². The molecule has 2 aliphatic rings. The van der Waals surface area contributed by atoms with E-state index in [9.17, 15) is 0 Å². The average molecular weight is 181 g/mol. The summed E-state index contributed by atoms with van der Waals surface area (Å²) < 4.78 is 0. The van der Waals surface area contributed by atoms with Crippen LogP contribution < -0.4 is 5.32 Å². The second-order valence-electron chi connectivity index (χ2n) is 5.27. The van der Waals surface area contributed by atoms with Crippen LogP contribution in [0.5, 0.6) is 0 Å². The Morgan fingerprint density at radius 3 is 2.62 bits per heavy atom. The largest absolute Gasteiger partial charge is 0.316 e. The molecule has 2 rings (SSSR count). The van der Waals surface area contributed by atoms with Gasteiger partial charge < -0.3 is 5.32 Å². The molecule has 3 atom stereocenters. The molecule has 1 aliphatic carbocycles. The summed E-state index contributed by atoms with van der Waals surface area (Å²) in [5.74, 6) is 3.89. The maximum absolute atomic E-state index is 3.62. The van der Waals surface area contributed by atoms with E-state index in [4.69, 9.17) is 0 Å². The van der Waals surface area contributed by atoms with E-state index < -0.39 is 0 Å². The third-order valence-corrected chi connectivity index (χ3v) is 4.16. The maximum Gasteiger partial charge on any atom is -0.00152 e. The van der Waals surface area contributed by atoms with E-state index in [-0.39, 0.29) is 0 Å². The van der Waals surface area contributed by atoms with Crippen LogP contribution in [0.1, 0.15) is 39.5 Å². The van der Waals surface area contributed by atoms with Crippen molar-refractivity contribution in [1.29, 1.82) is 0 Å². The van der Waals surface area contributed by atoms with Gasteiger partial charge in [-0.3, -0.25) is 0 Å². The normalized spacial score (nSPS) is 40.4. The quantitative estimate of drug-likeness (QED) is 0.656. The highest BCUT2D eigenvalue weighted by molar-refractivity contribution is 4.88. The molecule has 0 amide bonds. The van der Waals surface area contributed by atoms with Crippen molar-refractivity contribution in [3.8, 4) is 0 Å². The zero-order valence-corrected chi connectivity index (χ0v) is 9.05. The van der Waals surface area contributed by atoms with Crippen molar-refractivity contribution in [3.05, 3.63) is 0 Å². The van der Waals surface area contributed by atoms with Crippen molar-refractivity contribution in [2.75, 3.05) is 13.1 Å². The molecule has 1 saturated carbocycles. The summed E-state index contributed by atoms with van der Waals surface area (Å²) in [5, 5.41) is 3.62. The lowest BCUT2D eigenvalue weighted by Gasteiger charge is -2.43. The van der Waals surface area contributed by atoms with Crippen LogP contribution in [0.2, 0.25) is 0 Å². The molecule has 0 radical (unpaired) electrons.